The molecule has 160 valence electrons. The zero-order valence-electron chi connectivity index (χ0n) is 17.4. The number of benzene rings is 2. The number of carbonyl (C=O) groups excluding carboxylic acids is 3. The fourth-order valence-corrected chi connectivity index (χ4v) is 3.77. The van der Waals surface area contributed by atoms with Crippen molar-refractivity contribution in [3.63, 3.8) is 0 Å². The fraction of sp³-hybridized carbons (Fsp3) is 0.261. The summed E-state index contributed by atoms with van der Waals surface area (Å²) in [6.45, 7) is 3.44. The molecule has 0 saturated carbocycles. The minimum absolute atomic E-state index is 0.183. The summed E-state index contributed by atoms with van der Waals surface area (Å²) in [6, 6.07) is 13.8. The Hall–Kier alpha value is -3.65. The van der Waals surface area contributed by atoms with Crippen molar-refractivity contribution in [2.24, 2.45) is 0 Å². The molecule has 8 heteroatoms. The summed E-state index contributed by atoms with van der Waals surface area (Å²) >= 11 is 0. The van der Waals surface area contributed by atoms with Gasteiger partial charge in [0.1, 0.15) is 11.4 Å². The molecule has 3 amide bonds. The van der Waals surface area contributed by atoms with Crippen molar-refractivity contribution in [2.75, 3.05) is 43.6 Å². The van der Waals surface area contributed by atoms with Crippen molar-refractivity contribution < 1.29 is 23.9 Å². The highest BCUT2D eigenvalue weighted by Crippen LogP contribution is 2.36. The largest absolute Gasteiger partial charge is 0.497 e. The van der Waals surface area contributed by atoms with Crippen LogP contribution in [0.5, 0.6) is 5.75 Å². The molecular weight excluding hydrogens is 398 g/mol. The van der Waals surface area contributed by atoms with Gasteiger partial charge in [-0.1, -0.05) is 18.2 Å². The van der Waals surface area contributed by atoms with Crippen LogP contribution < -0.4 is 15.0 Å². The van der Waals surface area contributed by atoms with Crippen LogP contribution in [-0.4, -0.2) is 56.0 Å². The van der Waals surface area contributed by atoms with Crippen LogP contribution >= 0.6 is 0 Å². The number of hydrogen-bond acceptors (Lipinski definition) is 6. The molecule has 0 aliphatic carbocycles. The summed E-state index contributed by atoms with van der Waals surface area (Å²) in [6.07, 6.45) is 0. The quantitative estimate of drug-likeness (QED) is 0.746. The molecule has 0 unspecified atom stereocenters. The molecule has 4 rings (SSSR count). The fourth-order valence-electron chi connectivity index (χ4n) is 3.77. The van der Waals surface area contributed by atoms with Gasteiger partial charge in [0.15, 0.2) is 0 Å². The molecule has 2 aliphatic heterocycles. The van der Waals surface area contributed by atoms with E-state index in [0.29, 0.717) is 60.3 Å². The highest BCUT2D eigenvalue weighted by molar-refractivity contribution is 6.45. The smallest absolute Gasteiger partial charge is 0.282 e. The number of morpholine rings is 1. The second-order valence-corrected chi connectivity index (χ2v) is 7.23. The Kier molecular flexibility index (Phi) is 5.73. The predicted octanol–water partition coefficient (Wildman–Crippen LogP) is 2.27. The molecule has 8 nitrogen and oxygen atoms in total. The lowest BCUT2D eigenvalue weighted by Crippen LogP contribution is -2.40. The summed E-state index contributed by atoms with van der Waals surface area (Å²) in [7, 11) is 1.53. The molecule has 0 atom stereocenters. The van der Waals surface area contributed by atoms with Crippen molar-refractivity contribution in [3.05, 3.63) is 59.8 Å². The molecule has 0 radical (unpaired) electrons. The maximum absolute atomic E-state index is 13.5. The molecule has 0 bridgehead atoms. The van der Waals surface area contributed by atoms with Gasteiger partial charge in [-0.2, -0.15) is 0 Å². The van der Waals surface area contributed by atoms with Crippen LogP contribution in [0.3, 0.4) is 0 Å². The van der Waals surface area contributed by atoms with E-state index < -0.39 is 5.91 Å². The van der Waals surface area contributed by atoms with Gasteiger partial charge in [0.2, 0.25) is 5.91 Å². The number of methoxy groups -OCH3 is 1. The van der Waals surface area contributed by atoms with Gasteiger partial charge < -0.3 is 19.7 Å². The molecule has 0 aromatic heterocycles. The van der Waals surface area contributed by atoms with Crippen LogP contribution in [0, 0.1) is 0 Å². The molecule has 0 spiro atoms. The van der Waals surface area contributed by atoms with Crippen LogP contribution in [0.2, 0.25) is 0 Å². The Morgan fingerprint density at radius 2 is 1.74 bits per heavy atom. The molecule has 2 heterocycles. The van der Waals surface area contributed by atoms with Crippen LogP contribution in [0.15, 0.2) is 54.2 Å². The third-order valence-electron chi connectivity index (χ3n) is 5.19. The number of nitrogens with zero attached hydrogens (tertiary/aromatic N) is 2. The Morgan fingerprint density at radius 1 is 1.03 bits per heavy atom. The first-order valence-electron chi connectivity index (χ1n) is 9.97. The number of rotatable bonds is 5. The van der Waals surface area contributed by atoms with Crippen LogP contribution in [0.1, 0.15) is 12.5 Å². The van der Waals surface area contributed by atoms with Crippen molar-refractivity contribution >= 4 is 34.7 Å². The van der Waals surface area contributed by atoms with Crippen molar-refractivity contribution in [2.45, 2.75) is 6.92 Å². The average molecular weight is 421 g/mol. The van der Waals surface area contributed by atoms with Gasteiger partial charge >= 0.3 is 0 Å². The van der Waals surface area contributed by atoms with E-state index in [2.05, 4.69) is 5.32 Å². The van der Waals surface area contributed by atoms with Crippen molar-refractivity contribution in [1.29, 1.82) is 0 Å². The molecule has 2 aliphatic rings. The van der Waals surface area contributed by atoms with Crippen molar-refractivity contribution in [3.8, 4) is 5.75 Å². The predicted molar refractivity (Wildman–Crippen MR) is 116 cm³/mol. The van der Waals surface area contributed by atoms with E-state index in [4.69, 9.17) is 9.47 Å². The molecular formula is C23H23N3O5. The van der Waals surface area contributed by atoms with E-state index in [0.717, 1.165) is 0 Å². The van der Waals surface area contributed by atoms with Gasteiger partial charge in [0.25, 0.3) is 11.8 Å². The number of imide groups is 1. The van der Waals surface area contributed by atoms with Crippen molar-refractivity contribution in [1.82, 2.24) is 4.90 Å². The zero-order chi connectivity index (χ0) is 22.0. The van der Waals surface area contributed by atoms with E-state index >= 15 is 0 Å². The number of anilines is 2. The zero-order valence-corrected chi connectivity index (χ0v) is 17.4. The van der Waals surface area contributed by atoms with E-state index in [-0.39, 0.29) is 11.8 Å². The lowest BCUT2D eigenvalue weighted by molar-refractivity contribution is -0.121. The Bertz CT molecular complexity index is 1060. The summed E-state index contributed by atoms with van der Waals surface area (Å²) in [5.41, 5.74) is 2.38. The first-order valence-corrected chi connectivity index (χ1v) is 9.97. The Balaban J connectivity index is 1.77. The maximum Gasteiger partial charge on any atom is 0.282 e. The highest BCUT2D eigenvalue weighted by atomic mass is 16.5. The Labute approximate surface area is 180 Å². The van der Waals surface area contributed by atoms with E-state index in [9.17, 15) is 14.4 Å². The lowest BCUT2D eigenvalue weighted by atomic mass is 10.0. The third-order valence-corrected chi connectivity index (χ3v) is 5.19. The average Bonchev–Trinajstić information content (AvgIpc) is 3.04. The van der Waals surface area contributed by atoms with Gasteiger partial charge in [-0.25, -0.2) is 4.90 Å². The summed E-state index contributed by atoms with van der Waals surface area (Å²) in [4.78, 5) is 41.4. The van der Waals surface area contributed by atoms with Crippen LogP contribution in [-0.2, 0) is 19.1 Å². The van der Waals surface area contributed by atoms with Crippen LogP contribution in [0.25, 0.3) is 5.57 Å². The number of hydrogen-bond donors (Lipinski definition) is 1. The SMILES string of the molecule is COc1cccc(N2C(=O)C(c3ccc(NC(C)=O)cc3)=C(N3CCOCC3)C2=O)c1. The van der Waals surface area contributed by atoms with Gasteiger partial charge in [-0.3, -0.25) is 14.4 Å². The first-order chi connectivity index (χ1) is 15.0. The maximum atomic E-state index is 13.5. The van der Waals surface area contributed by atoms with E-state index in [1.54, 1.807) is 48.5 Å². The van der Waals surface area contributed by atoms with Gasteiger partial charge in [-0.05, 0) is 29.8 Å². The normalized spacial score (nSPS) is 16.7. The second kappa shape index (κ2) is 8.61. The standard InChI is InChI=1S/C23H23N3O5/c1-15(27)24-17-8-6-16(7-9-17)20-21(25-10-12-31-13-11-25)23(29)26(22(20)28)18-4-3-5-19(14-18)30-2/h3-9,14H,10-13H2,1-2H3,(H,24,27). The summed E-state index contributed by atoms with van der Waals surface area (Å²) in [5, 5.41) is 2.71. The summed E-state index contributed by atoms with van der Waals surface area (Å²) < 4.78 is 10.7. The summed E-state index contributed by atoms with van der Waals surface area (Å²) in [5.74, 6) is -0.399. The first kappa shape index (κ1) is 20.6. The highest BCUT2D eigenvalue weighted by Gasteiger charge is 2.42. The minimum Gasteiger partial charge on any atom is -0.497 e. The van der Waals surface area contributed by atoms with E-state index in [1.807, 2.05) is 4.90 Å². The van der Waals surface area contributed by atoms with Gasteiger partial charge in [-0.15, -0.1) is 0 Å². The molecule has 2 aromatic rings. The number of nitrogens with one attached hydrogen (secondary N) is 1. The number of carbonyl (C=O) groups is 3. The molecule has 1 fully saturated rings. The van der Waals surface area contributed by atoms with Gasteiger partial charge in [0.05, 0.1) is 31.6 Å². The molecule has 31 heavy (non-hydrogen) atoms. The third kappa shape index (κ3) is 4.02. The topological polar surface area (TPSA) is 88.2 Å². The second-order valence-electron chi connectivity index (χ2n) is 7.23. The molecule has 1 N–H and O–H groups in total. The minimum atomic E-state index is -0.396. The van der Waals surface area contributed by atoms with Gasteiger partial charge in [0, 0.05) is 31.8 Å². The monoisotopic (exact) mass is 421 g/mol. The number of amides is 3. The lowest BCUT2D eigenvalue weighted by Gasteiger charge is -2.29. The Morgan fingerprint density at radius 3 is 2.39 bits per heavy atom. The van der Waals surface area contributed by atoms with Crippen LogP contribution in [0.4, 0.5) is 11.4 Å². The molecule has 2 aromatic carbocycles. The number of ether oxygens (including phenoxy) is 2. The molecule has 1 saturated heterocycles. The van der Waals surface area contributed by atoms with E-state index in [1.165, 1.54) is 18.9 Å².